The van der Waals surface area contributed by atoms with E-state index in [0.717, 1.165) is 70.6 Å². The molecule has 3 unspecified atom stereocenters. The van der Waals surface area contributed by atoms with Gasteiger partial charge in [0.05, 0.1) is 33.8 Å². The van der Waals surface area contributed by atoms with Crippen LogP contribution in [-0.4, -0.2) is 74.3 Å². The summed E-state index contributed by atoms with van der Waals surface area (Å²) in [7, 11) is 1.50. The van der Waals surface area contributed by atoms with Crippen molar-refractivity contribution in [2.24, 2.45) is 0 Å². The van der Waals surface area contributed by atoms with Crippen LogP contribution in [0.5, 0.6) is 0 Å². The van der Waals surface area contributed by atoms with E-state index in [0.29, 0.717) is 23.9 Å². The number of carbonyl (C=O) groups is 2. The minimum Gasteiger partial charge on any atom is -0.456 e. The van der Waals surface area contributed by atoms with Crippen molar-refractivity contribution < 1.29 is 37.3 Å². The van der Waals surface area contributed by atoms with E-state index in [9.17, 15) is 19.0 Å². The Kier molecular flexibility index (Phi) is 60.1. The van der Waals surface area contributed by atoms with Crippen molar-refractivity contribution in [1.29, 1.82) is 0 Å². The second-order valence-corrected chi connectivity index (χ2v) is 26.5. The van der Waals surface area contributed by atoms with Crippen molar-refractivity contribution in [2.75, 3.05) is 40.9 Å². The average Bonchev–Trinajstić information content (AvgIpc) is 3.44. The van der Waals surface area contributed by atoms with Gasteiger partial charge in [0.25, 0.3) is 0 Å². The molecule has 0 heterocycles. The van der Waals surface area contributed by atoms with Crippen molar-refractivity contribution in [3.05, 3.63) is 60.8 Å². The van der Waals surface area contributed by atoms with Crippen molar-refractivity contribution in [3.63, 3.8) is 0 Å². The number of hydrogen-bond donors (Lipinski definition) is 2. The summed E-state index contributed by atoms with van der Waals surface area (Å²) >= 11 is 0. The number of nitrogens with zero attached hydrogens (tertiary/aromatic N) is 1. The predicted molar refractivity (Wildman–Crippen MR) is 355 cm³/mol. The number of quaternary nitrogens is 1. The lowest BCUT2D eigenvalue weighted by Crippen LogP contribution is -2.47. The molecule has 0 aromatic heterocycles. The Morgan fingerprint density at radius 3 is 1.12 bits per heavy atom. The first-order valence-electron chi connectivity index (χ1n) is 35.1. The zero-order valence-electron chi connectivity index (χ0n) is 55.0. The molecule has 0 aromatic rings. The number of allylic oxidation sites excluding steroid dienone is 9. The Bertz CT molecular complexity index is 1590. The molecule has 0 fully saturated rings. The number of hydrogen-bond acceptors (Lipinski definition) is 6. The smallest absolute Gasteiger partial charge is 0.456 e. The maximum absolute atomic E-state index is 13.6. The van der Waals surface area contributed by atoms with E-state index >= 15 is 0 Å². The van der Waals surface area contributed by atoms with E-state index in [2.05, 4.69) is 74.7 Å². The van der Waals surface area contributed by atoms with Gasteiger partial charge in [-0.2, -0.15) is 0 Å². The fourth-order valence-electron chi connectivity index (χ4n) is 10.2. The summed E-state index contributed by atoms with van der Waals surface area (Å²) in [5.41, 5.74) is 0. The van der Waals surface area contributed by atoms with Gasteiger partial charge in [0, 0.05) is 12.8 Å². The second kappa shape index (κ2) is 61.8. The van der Waals surface area contributed by atoms with Crippen LogP contribution in [0.2, 0.25) is 0 Å². The molecule has 0 rings (SSSR count). The number of esters is 1. The van der Waals surface area contributed by atoms with Gasteiger partial charge in [0.2, 0.25) is 5.91 Å². The van der Waals surface area contributed by atoms with Crippen LogP contribution < -0.4 is 5.32 Å². The number of rotatable bonds is 64. The Balaban J connectivity index is 5.08. The molecule has 2 N–H and O–H groups in total. The van der Waals surface area contributed by atoms with Gasteiger partial charge in [0.15, 0.2) is 0 Å². The highest BCUT2D eigenvalue weighted by Crippen LogP contribution is 2.43. The molecule has 480 valence electrons. The molecule has 0 bridgehead atoms. The number of phosphoric acid groups is 1. The van der Waals surface area contributed by atoms with E-state index in [1.165, 1.54) is 231 Å². The summed E-state index contributed by atoms with van der Waals surface area (Å²) in [6.45, 7) is 7.00. The summed E-state index contributed by atoms with van der Waals surface area (Å²) in [5.74, 6) is -0.496. The fourth-order valence-corrected chi connectivity index (χ4v) is 11.0. The summed E-state index contributed by atoms with van der Waals surface area (Å²) in [6.07, 6.45) is 79.4. The maximum Gasteiger partial charge on any atom is 0.472 e. The number of unbranched alkanes of at least 4 members (excludes halogenated alkanes) is 40. The van der Waals surface area contributed by atoms with Gasteiger partial charge >= 0.3 is 13.8 Å². The summed E-state index contributed by atoms with van der Waals surface area (Å²) in [5, 5.41) is 3.07. The third-order valence-corrected chi connectivity index (χ3v) is 16.7. The van der Waals surface area contributed by atoms with Crippen LogP contribution in [0, 0.1) is 0 Å². The first kappa shape index (κ1) is 79.7. The van der Waals surface area contributed by atoms with Crippen LogP contribution in [0.4, 0.5) is 0 Å². The van der Waals surface area contributed by atoms with Crippen LogP contribution in [0.15, 0.2) is 60.8 Å². The molecule has 1 amide bonds. The molecule has 0 aliphatic carbocycles. The highest BCUT2D eigenvalue weighted by atomic mass is 31.2. The van der Waals surface area contributed by atoms with Crippen molar-refractivity contribution >= 4 is 19.7 Å². The monoisotopic (exact) mass is 1170 g/mol. The molecular weight excluding hydrogens is 1040 g/mol. The Labute approximate surface area is 509 Å². The number of nitrogens with one attached hydrogen (secondary N) is 1. The van der Waals surface area contributed by atoms with Crippen LogP contribution in [0.3, 0.4) is 0 Å². The summed E-state index contributed by atoms with van der Waals surface area (Å²) in [4.78, 5) is 37.9. The Hall–Kier alpha value is -2.29. The first-order chi connectivity index (χ1) is 39.9. The molecule has 0 saturated carbocycles. The minimum atomic E-state index is -4.45. The third-order valence-electron chi connectivity index (χ3n) is 15.7. The minimum absolute atomic E-state index is 0.0399. The molecule has 10 heteroatoms. The molecule has 82 heavy (non-hydrogen) atoms. The van der Waals surface area contributed by atoms with Gasteiger partial charge in [-0.05, 0) is 96.0 Å². The summed E-state index contributed by atoms with van der Waals surface area (Å²) in [6, 6.07) is -0.850. The molecule has 0 radical (unpaired) electrons. The normalized spacial score (nSPS) is 13.9. The SMILES string of the molecule is CCCCC/C=C\C/C=C\CCCCCCCCCCCCCCCC(=O)OC(/C=C/CCCCCCCCCCCC)C(COP(=O)(O)OCC[N+](C)(C)C)NC(=O)CCCCCCCCCCCCC/C=C\C/C=C\CCCCC. The number of amides is 1. The fraction of sp³-hybridized carbons (Fsp3) is 0.833. The molecule has 0 saturated heterocycles. The topological polar surface area (TPSA) is 111 Å². The second-order valence-electron chi connectivity index (χ2n) is 25.0. The van der Waals surface area contributed by atoms with Gasteiger partial charge in [-0.3, -0.25) is 18.6 Å². The van der Waals surface area contributed by atoms with Gasteiger partial charge in [-0.15, -0.1) is 0 Å². The molecular formula is C72H136N2O7P+. The summed E-state index contributed by atoms with van der Waals surface area (Å²) < 4.78 is 30.8. The van der Waals surface area contributed by atoms with E-state index in [4.69, 9.17) is 13.8 Å². The Morgan fingerprint density at radius 2 is 0.744 bits per heavy atom. The lowest BCUT2D eigenvalue weighted by atomic mass is 10.0. The number of likely N-dealkylation sites (N-methyl/N-ethyl adjacent to an activating group) is 1. The Morgan fingerprint density at radius 1 is 0.427 bits per heavy atom. The van der Waals surface area contributed by atoms with Crippen LogP contribution >= 0.6 is 7.82 Å². The average molecular weight is 1170 g/mol. The van der Waals surface area contributed by atoms with Crippen molar-refractivity contribution in [1.82, 2.24) is 5.32 Å². The van der Waals surface area contributed by atoms with Crippen LogP contribution in [-0.2, 0) is 27.9 Å². The third kappa shape index (κ3) is 62.2. The largest absolute Gasteiger partial charge is 0.472 e. The highest BCUT2D eigenvalue weighted by Gasteiger charge is 2.30. The molecule has 0 spiro atoms. The predicted octanol–water partition coefficient (Wildman–Crippen LogP) is 22.2. The van der Waals surface area contributed by atoms with Gasteiger partial charge in [-0.1, -0.05) is 287 Å². The maximum atomic E-state index is 13.6. The van der Waals surface area contributed by atoms with Gasteiger partial charge in [-0.25, -0.2) is 4.57 Å². The van der Waals surface area contributed by atoms with Gasteiger partial charge in [0.1, 0.15) is 19.3 Å². The number of ether oxygens (including phenoxy) is 1. The van der Waals surface area contributed by atoms with Crippen molar-refractivity contribution in [3.8, 4) is 0 Å². The molecule has 3 atom stereocenters. The first-order valence-corrected chi connectivity index (χ1v) is 36.6. The van der Waals surface area contributed by atoms with E-state index in [1.807, 2.05) is 33.3 Å². The molecule has 9 nitrogen and oxygen atoms in total. The molecule has 0 aliphatic rings. The van der Waals surface area contributed by atoms with E-state index in [1.54, 1.807) is 0 Å². The number of phosphoric ester groups is 1. The lowest BCUT2D eigenvalue weighted by Gasteiger charge is -2.27. The van der Waals surface area contributed by atoms with Crippen LogP contribution in [0.1, 0.15) is 335 Å². The standard InChI is InChI=1S/C72H135N2O7P/c1-7-10-13-16-19-22-25-28-30-32-34-36-37-39-41-43-45-47-50-53-56-59-62-65-72(76)81-70(63-60-57-54-51-48-27-24-21-18-15-12-9-3)69(68-80-82(77,78)79-67-66-74(4,5)6)73-71(75)64-61-58-55-52-49-46-44-42-40-38-35-33-31-29-26-23-20-17-14-11-8-2/h19-20,22-23,28-31,60,63,69-70H,7-18,21,24-27,32-59,61-62,64-68H2,1-6H3,(H-,73,75,77,78)/p+1/b22-19-,23-20-,30-28-,31-29-,63-60+. The van der Waals surface area contributed by atoms with E-state index in [-0.39, 0.29) is 25.1 Å². The molecule has 0 aromatic carbocycles. The van der Waals surface area contributed by atoms with Gasteiger partial charge < -0.3 is 19.4 Å². The van der Waals surface area contributed by atoms with E-state index < -0.39 is 20.0 Å². The quantitative estimate of drug-likeness (QED) is 0.0205. The van der Waals surface area contributed by atoms with Crippen molar-refractivity contribution in [2.45, 2.75) is 348 Å². The zero-order valence-corrected chi connectivity index (χ0v) is 55.9. The zero-order chi connectivity index (χ0) is 60.0. The number of carbonyl (C=O) groups excluding carboxylic acids is 2. The lowest BCUT2D eigenvalue weighted by molar-refractivity contribution is -0.870. The molecule has 0 aliphatic heterocycles. The highest BCUT2D eigenvalue weighted by molar-refractivity contribution is 7.47. The van der Waals surface area contributed by atoms with Crippen LogP contribution in [0.25, 0.3) is 0 Å².